The van der Waals surface area contributed by atoms with Crippen LogP contribution in [0.25, 0.3) is 0 Å². The minimum absolute atomic E-state index is 0.0348. The summed E-state index contributed by atoms with van der Waals surface area (Å²) in [6.45, 7) is 9.13. The Balaban J connectivity index is 2.54. The molecule has 18 heavy (non-hydrogen) atoms. The second kappa shape index (κ2) is 8.52. The summed E-state index contributed by atoms with van der Waals surface area (Å²) in [4.78, 5) is 14.2. The summed E-state index contributed by atoms with van der Waals surface area (Å²) in [6, 6.07) is 0.377. The number of hydrogen-bond acceptors (Lipinski definition) is 3. The predicted molar refractivity (Wildman–Crippen MR) is 74.5 cm³/mol. The van der Waals surface area contributed by atoms with E-state index in [9.17, 15) is 4.79 Å². The van der Waals surface area contributed by atoms with Crippen LogP contribution in [0.4, 0.5) is 0 Å². The highest BCUT2D eigenvalue weighted by Crippen LogP contribution is 2.20. The largest absolute Gasteiger partial charge is 0.466 e. The number of nitrogens with zero attached hydrogens (tertiary/aromatic N) is 1. The van der Waals surface area contributed by atoms with Gasteiger partial charge in [0.1, 0.15) is 0 Å². The first-order valence-corrected chi connectivity index (χ1v) is 7.53. The fourth-order valence-electron chi connectivity index (χ4n) is 2.78. The van der Waals surface area contributed by atoms with E-state index < -0.39 is 0 Å². The zero-order valence-electron chi connectivity index (χ0n) is 12.3. The van der Waals surface area contributed by atoms with Gasteiger partial charge < -0.3 is 4.74 Å². The van der Waals surface area contributed by atoms with Gasteiger partial charge >= 0.3 is 5.97 Å². The lowest BCUT2D eigenvalue weighted by molar-refractivity contribution is -0.144. The molecule has 0 aromatic rings. The maximum atomic E-state index is 11.7. The average Bonchev–Trinajstić information content (AvgIpc) is 2.56. The normalized spacial score (nSPS) is 19.6. The zero-order chi connectivity index (χ0) is 13.4. The van der Waals surface area contributed by atoms with E-state index in [0.29, 0.717) is 25.0 Å². The fourth-order valence-corrected chi connectivity index (χ4v) is 2.78. The van der Waals surface area contributed by atoms with Gasteiger partial charge in [-0.25, -0.2) is 0 Å². The maximum Gasteiger partial charge on any atom is 0.307 e. The summed E-state index contributed by atoms with van der Waals surface area (Å²) in [5.41, 5.74) is 0. The summed E-state index contributed by atoms with van der Waals surface area (Å²) in [7, 11) is 0. The minimum atomic E-state index is -0.0348. The van der Waals surface area contributed by atoms with Crippen molar-refractivity contribution in [2.75, 3.05) is 19.7 Å². The smallest absolute Gasteiger partial charge is 0.307 e. The molecular formula is C15H29NO2. The third kappa shape index (κ3) is 5.85. The third-order valence-corrected chi connectivity index (χ3v) is 3.61. The molecule has 0 aromatic carbocycles. The van der Waals surface area contributed by atoms with Crippen LogP contribution in [0.1, 0.15) is 59.3 Å². The lowest BCUT2D eigenvalue weighted by atomic mass is 9.99. The van der Waals surface area contributed by atoms with Gasteiger partial charge in [-0.2, -0.15) is 0 Å². The first kappa shape index (κ1) is 15.5. The Labute approximate surface area is 112 Å². The monoisotopic (exact) mass is 255 g/mol. The molecule has 1 aliphatic heterocycles. The SMILES string of the molecule is CCOC(=O)CC(CC(C)C)N1CCCCCC1. The highest BCUT2D eigenvalue weighted by atomic mass is 16.5. The van der Waals surface area contributed by atoms with Crippen molar-refractivity contribution in [2.24, 2.45) is 5.92 Å². The number of esters is 1. The molecule has 0 N–H and O–H groups in total. The van der Waals surface area contributed by atoms with Crippen molar-refractivity contribution in [2.45, 2.75) is 65.3 Å². The van der Waals surface area contributed by atoms with E-state index in [2.05, 4.69) is 18.7 Å². The highest BCUT2D eigenvalue weighted by Gasteiger charge is 2.23. The molecule has 1 aliphatic rings. The Morgan fingerprint density at radius 2 is 1.78 bits per heavy atom. The zero-order valence-corrected chi connectivity index (χ0v) is 12.3. The van der Waals surface area contributed by atoms with Gasteiger partial charge in [-0.3, -0.25) is 9.69 Å². The van der Waals surface area contributed by atoms with Crippen LogP contribution in [0.15, 0.2) is 0 Å². The van der Waals surface area contributed by atoms with E-state index in [-0.39, 0.29) is 5.97 Å². The van der Waals surface area contributed by atoms with Crippen LogP contribution in [-0.2, 0) is 9.53 Å². The topological polar surface area (TPSA) is 29.5 Å². The van der Waals surface area contributed by atoms with Gasteiger partial charge in [0.15, 0.2) is 0 Å². The van der Waals surface area contributed by atoms with E-state index in [4.69, 9.17) is 4.74 Å². The molecule has 1 unspecified atom stereocenters. The second-order valence-corrected chi connectivity index (χ2v) is 5.74. The molecule has 1 fully saturated rings. The van der Waals surface area contributed by atoms with Crippen molar-refractivity contribution in [1.82, 2.24) is 4.90 Å². The number of carbonyl (C=O) groups excluding carboxylic acids is 1. The van der Waals surface area contributed by atoms with Crippen LogP contribution < -0.4 is 0 Å². The molecule has 106 valence electrons. The van der Waals surface area contributed by atoms with Gasteiger partial charge in [0, 0.05) is 6.04 Å². The van der Waals surface area contributed by atoms with Gasteiger partial charge in [0.25, 0.3) is 0 Å². The van der Waals surface area contributed by atoms with Crippen molar-refractivity contribution in [3.05, 3.63) is 0 Å². The van der Waals surface area contributed by atoms with Gasteiger partial charge in [-0.15, -0.1) is 0 Å². The number of ether oxygens (including phenoxy) is 1. The molecule has 1 atom stereocenters. The molecular weight excluding hydrogens is 226 g/mol. The predicted octanol–water partition coefficient (Wildman–Crippen LogP) is 3.23. The first-order chi connectivity index (χ1) is 8.63. The molecule has 3 heteroatoms. The molecule has 0 amide bonds. The molecule has 3 nitrogen and oxygen atoms in total. The first-order valence-electron chi connectivity index (χ1n) is 7.53. The fraction of sp³-hybridized carbons (Fsp3) is 0.933. The molecule has 0 aromatic heterocycles. The highest BCUT2D eigenvalue weighted by molar-refractivity contribution is 5.70. The lowest BCUT2D eigenvalue weighted by Gasteiger charge is -2.31. The second-order valence-electron chi connectivity index (χ2n) is 5.74. The molecule has 0 spiro atoms. The number of rotatable bonds is 6. The van der Waals surface area contributed by atoms with Gasteiger partial charge in [0.05, 0.1) is 13.0 Å². The van der Waals surface area contributed by atoms with Crippen LogP contribution in [0.2, 0.25) is 0 Å². The molecule has 0 radical (unpaired) electrons. The van der Waals surface area contributed by atoms with E-state index in [1.54, 1.807) is 0 Å². The van der Waals surface area contributed by atoms with E-state index in [1.165, 1.54) is 25.7 Å². The van der Waals surface area contributed by atoms with E-state index >= 15 is 0 Å². The van der Waals surface area contributed by atoms with Crippen molar-refractivity contribution < 1.29 is 9.53 Å². The number of carbonyl (C=O) groups is 1. The molecule has 0 bridgehead atoms. The van der Waals surface area contributed by atoms with Crippen molar-refractivity contribution in [3.8, 4) is 0 Å². The van der Waals surface area contributed by atoms with Gasteiger partial charge in [-0.1, -0.05) is 26.7 Å². The third-order valence-electron chi connectivity index (χ3n) is 3.61. The molecule has 1 rings (SSSR count). The molecule has 1 saturated heterocycles. The van der Waals surface area contributed by atoms with Crippen LogP contribution in [0, 0.1) is 5.92 Å². The lowest BCUT2D eigenvalue weighted by Crippen LogP contribution is -2.39. The summed E-state index contributed by atoms with van der Waals surface area (Å²) >= 11 is 0. The molecule has 1 heterocycles. The van der Waals surface area contributed by atoms with E-state index in [1.807, 2.05) is 6.92 Å². The summed E-state index contributed by atoms with van der Waals surface area (Å²) in [6.07, 6.45) is 6.88. The van der Waals surface area contributed by atoms with Gasteiger partial charge in [-0.05, 0) is 45.2 Å². The Morgan fingerprint density at radius 3 is 2.28 bits per heavy atom. The van der Waals surface area contributed by atoms with Gasteiger partial charge in [0.2, 0.25) is 0 Å². The Hall–Kier alpha value is -0.570. The summed E-state index contributed by atoms with van der Waals surface area (Å²) < 4.78 is 5.11. The minimum Gasteiger partial charge on any atom is -0.466 e. The number of hydrogen-bond donors (Lipinski definition) is 0. The standard InChI is InChI=1S/C15H29NO2/c1-4-18-15(17)12-14(11-13(2)3)16-9-7-5-6-8-10-16/h13-14H,4-12H2,1-3H3. The maximum absolute atomic E-state index is 11.7. The summed E-state index contributed by atoms with van der Waals surface area (Å²) in [5.74, 6) is 0.597. The van der Waals surface area contributed by atoms with Crippen molar-refractivity contribution in [3.63, 3.8) is 0 Å². The Kier molecular flexibility index (Phi) is 7.33. The van der Waals surface area contributed by atoms with Crippen LogP contribution in [0.3, 0.4) is 0 Å². The van der Waals surface area contributed by atoms with Crippen LogP contribution >= 0.6 is 0 Å². The Bertz CT molecular complexity index is 233. The van der Waals surface area contributed by atoms with Crippen LogP contribution in [-0.4, -0.2) is 36.6 Å². The summed E-state index contributed by atoms with van der Waals surface area (Å²) in [5, 5.41) is 0. The van der Waals surface area contributed by atoms with E-state index in [0.717, 1.165) is 19.5 Å². The van der Waals surface area contributed by atoms with Crippen molar-refractivity contribution >= 4 is 5.97 Å². The average molecular weight is 255 g/mol. The van der Waals surface area contributed by atoms with Crippen LogP contribution in [0.5, 0.6) is 0 Å². The molecule has 0 saturated carbocycles. The Morgan fingerprint density at radius 1 is 1.17 bits per heavy atom. The molecule has 0 aliphatic carbocycles. The quantitative estimate of drug-likeness (QED) is 0.682. The van der Waals surface area contributed by atoms with Crippen molar-refractivity contribution in [1.29, 1.82) is 0 Å². The number of likely N-dealkylation sites (tertiary alicyclic amines) is 1.